The van der Waals surface area contributed by atoms with Gasteiger partial charge in [0.2, 0.25) is 0 Å². The Hall–Kier alpha value is -1.02. The van der Waals surface area contributed by atoms with Crippen molar-refractivity contribution in [1.82, 2.24) is 0 Å². The van der Waals surface area contributed by atoms with E-state index in [0.29, 0.717) is 0 Å². The Morgan fingerprint density at radius 3 is 2.80 bits per heavy atom. The van der Waals surface area contributed by atoms with E-state index in [0.717, 1.165) is 38.2 Å². The van der Waals surface area contributed by atoms with Crippen molar-refractivity contribution >= 4 is 0 Å². The van der Waals surface area contributed by atoms with Crippen molar-refractivity contribution in [2.24, 2.45) is 0 Å². The minimum Gasteiger partial charge on any atom is -0.486 e. The van der Waals surface area contributed by atoms with Gasteiger partial charge in [0.25, 0.3) is 0 Å². The van der Waals surface area contributed by atoms with Crippen LogP contribution in [-0.4, -0.2) is 18.8 Å². The molecule has 1 fully saturated rings. The standard InChI is InChI=1S/C13H16O2/c1-10-2-3-12-11(8-10)9-13(15-12)4-6-14-7-5-13/h2-3,8H,4-7,9H2,1H3. The third-order valence-corrected chi connectivity index (χ3v) is 3.46. The highest BCUT2D eigenvalue weighted by Crippen LogP contribution is 2.40. The van der Waals surface area contributed by atoms with Crippen LogP contribution in [0.4, 0.5) is 0 Å². The van der Waals surface area contributed by atoms with E-state index in [9.17, 15) is 0 Å². The van der Waals surface area contributed by atoms with Gasteiger partial charge in [0.15, 0.2) is 0 Å². The lowest BCUT2D eigenvalue weighted by molar-refractivity contribution is -0.0330. The summed E-state index contributed by atoms with van der Waals surface area (Å²) in [5.41, 5.74) is 2.74. The predicted molar refractivity (Wildman–Crippen MR) is 58.3 cm³/mol. The second-order valence-electron chi connectivity index (χ2n) is 4.69. The van der Waals surface area contributed by atoms with Crippen molar-refractivity contribution in [2.75, 3.05) is 13.2 Å². The molecule has 2 heteroatoms. The minimum atomic E-state index is 0.0500. The van der Waals surface area contributed by atoms with Crippen molar-refractivity contribution in [1.29, 1.82) is 0 Å². The largest absolute Gasteiger partial charge is 0.486 e. The molecule has 0 aliphatic carbocycles. The van der Waals surface area contributed by atoms with Crippen LogP contribution in [0.3, 0.4) is 0 Å². The second-order valence-corrected chi connectivity index (χ2v) is 4.69. The molecule has 15 heavy (non-hydrogen) atoms. The van der Waals surface area contributed by atoms with Gasteiger partial charge in [-0.25, -0.2) is 0 Å². The molecule has 1 aromatic rings. The normalized spacial score (nSPS) is 22.5. The molecular formula is C13H16O2. The fourth-order valence-corrected chi connectivity index (χ4v) is 2.58. The van der Waals surface area contributed by atoms with Crippen LogP contribution < -0.4 is 4.74 Å². The van der Waals surface area contributed by atoms with E-state index in [1.165, 1.54) is 11.1 Å². The number of hydrogen-bond donors (Lipinski definition) is 0. The minimum absolute atomic E-state index is 0.0500. The lowest BCUT2D eigenvalue weighted by Crippen LogP contribution is -2.40. The molecule has 2 nitrogen and oxygen atoms in total. The Morgan fingerprint density at radius 1 is 1.20 bits per heavy atom. The fourth-order valence-electron chi connectivity index (χ4n) is 2.58. The van der Waals surface area contributed by atoms with Crippen LogP contribution in [0.15, 0.2) is 18.2 Å². The molecule has 0 bridgehead atoms. The highest BCUT2D eigenvalue weighted by atomic mass is 16.5. The van der Waals surface area contributed by atoms with Gasteiger partial charge in [-0.2, -0.15) is 0 Å². The van der Waals surface area contributed by atoms with E-state index in [1.807, 2.05) is 0 Å². The average molecular weight is 204 g/mol. The zero-order valence-corrected chi connectivity index (χ0v) is 9.08. The first-order chi connectivity index (χ1) is 7.27. The van der Waals surface area contributed by atoms with E-state index in [1.54, 1.807) is 0 Å². The Morgan fingerprint density at radius 2 is 2.00 bits per heavy atom. The summed E-state index contributed by atoms with van der Waals surface area (Å²) in [5, 5.41) is 0. The van der Waals surface area contributed by atoms with Gasteiger partial charge >= 0.3 is 0 Å². The maximum absolute atomic E-state index is 6.11. The van der Waals surface area contributed by atoms with E-state index >= 15 is 0 Å². The monoisotopic (exact) mass is 204 g/mol. The Bertz CT molecular complexity index is 378. The number of hydrogen-bond acceptors (Lipinski definition) is 2. The van der Waals surface area contributed by atoms with Crippen LogP contribution in [-0.2, 0) is 11.2 Å². The van der Waals surface area contributed by atoms with Gasteiger partial charge in [-0.05, 0) is 18.6 Å². The summed E-state index contributed by atoms with van der Waals surface area (Å²) < 4.78 is 11.5. The van der Waals surface area contributed by atoms with Crippen molar-refractivity contribution in [3.63, 3.8) is 0 Å². The molecule has 0 saturated carbocycles. The molecule has 0 N–H and O–H groups in total. The first kappa shape index (κ1) is 9.22. The number of ether oxygens (including phenoxy) is 2. The van der Waals surface area contributed by atoms with Crippen LogP contribution in [0.1, 0.15) is 24.0 Å². The first-order valence-corrected chi connectivity index (χ1v) is 5.64. The van der Waals surface area contributed by atoms with Crippen molar-refractivity contribution in [3.05, 3.63) is 29.3 Å². The SMILES string of the molecule is Cc1ccc2c(c1)CC1(CCOCC1)O2. The van der Waals surface area contributed by atoms with E-state index in [2.05, 4.69) is 25.1 Å². The summed E-state index contributed by atoms with van der Waals surface area (Å²) in [6, 6.07) is 6.48. The van der Waals surface area contributed by atoms with Crippen molar-refractivity contribution in [2.45, 2.75) is 31.8 Å². The zero-order chi connectivity index (χ0) is 10.3. The fraction of sp³-hybridized carbons (Fsp3) is 0.538. The van der Waals surface area contributed by atoms with Crippen LogP contribution in [0.2, 0.25) is 0 Å². The van der Waals surface area contributed by atoms with Crippen molar-refractivity contribution < 1.29 is 9.47 Å². The smallest absolute Gasteiger partial charge is 0.123 e. The number of fused-ring (bicyclic) bond motifs is 1. The molecule has 0 radical (unpaired) electrons. The predicted octanol–water partition coefficient (Wildman–Crippen LogP) is 2.48. The molecule has 0 unspecified atom stereocenters. The third kappa shape index (κ3) is 1.53. The van der Waals surface area contributed by atoms with Gasteiger partial charge < -0.3 is 9.47 Å². The summed E-state index contributed by atoms with van der Waals surface area (Å²) >= 11 is 0. The Kier molecular flexibility index (Phi) is 1.99. The molecule has 80 valence electrons. The molecule has 1 saturated heterocycles. The molecule has 2 aliphatic rings. The van der Waals surface area contributed by atoms with Gasteiger partial charge in [-0.3, -0.25) is 0 Å². The maximum atomic E-state index is 6.11. The molecule has 1 spiro atoms. The maximum Gasteiger partial charge on any atom is 0.123 e. The van der Waals surface area contributed by atoms with Crippen LogP contribution >= 0.6 is 0 Å². The van der Waals surface area contributed by atoms with E-state index in [-0.39, 0.29) is 5.60 Å². The number of rotatable bonds is 0. The highest BCUT2D eigenvalue weighted by molar-refractivity contribution is 5.42. The summed E-state index contributed by atoms with van der Waals surface area (Å²) in [7, 11) is 0. The van der Waals surface area contributed by atoms with Crippen LogP contribution in [0.5, 0.6) is 5.75 Å². The van der Waals surface area contributed by atoms with E-state index in [4.69, 9.17) is 9.47 Å². The topological polar surface area (TPSA) is 18.5 Å². The zero-order valence-electron chi connectivity index (χ0n) is 9.08. The quantitative estimate of drug-likeness (QED) is 0.646. The Balaban J connectivity index is 1.90. The van der Waals surface area contributed by atoms with Gasteiger partial charge in [-0.15, -0.1) is 0 Å². The second kappa shape index (κ2) is 3.24. The highest BCUT2D eigenvalue weighted by Gasteiger charge is 2.40. The Labute approximate surface area is 90.2 Å². The molecule has 0 atom stereocenters. The average Bonchev–Trinajstić information content (AvgIpc) is 2.56. The molecule has 3 rings (SSSR count). The molecule has 0 amide bonds. The van der Waals surface area contributed by atoms with Gasteiger partial charge in [-0.1, -0.05) is 17.7 Å². The molecule has 1 aromatic carbocycles. The lowest BCUT2D eigenvalue weighted by Gasteiger charge is -2.32. The van der Waals surface area contributed by atoms with E-state index < -0.39 is 0 Å². The van der Waals surface area contributed by atoms with Crippen LogP contribution in [0.25, 0.3) is 0 Å². The lowest BCUT2D eigenvalue weighted by atomic mass is 9.89. The molecule has 2 heterocycles. The van der Waals surface area contributed by atoms with Crippen molar-refractivity contribution in [3.8, 4) is 5.75 Å². The molecule has 2 aliphatic heterocycles. The van der Waals surface area contributed by atoms with Gasteiger partial charge in [0, 0.05) is 19.3 Å². The van der Waals surface area contributed by atoms with Crippen LogP contribution in [0, 0.1) is 6.92 Å². The first-order valence-electron chi connectivity index (χ1n) is 5.64. The van der Waals surface area contributed by atoms with Gasteiger partial charge in [0.05, 0.1) is 13.2 Å². The molecule has 0 aromatic heterocycles. The summed E-state index contributed by atoms with van der Waals surface area (Å²) in [6.07, 6.45) is 3.12. The summed E-state index contributed by atoms with van der Waals surface area (Å²) in [6.45, 7) is 3.81. The summed E-state index contributed by atoms with van der Waals surface area (Å²) in [4.78, 5) is 0. The molecular weight excluding hydrogens is 188 g/mol. The van der Waals surface area contributed by atoms with Gasteiger partial charge in [0.1, 0.15) is 11.4 Å². The summed E-state index contributed by atoms with van der Waals surface area (Å²) in [5.74, 6) is 1.09. The number of benzene rings is 1. The number of aryl methyl sites for hydroxylation is 1. The third-order valence-electron chi connectivity index (χ3n) is 3.46.